The molecule has 20 heavy (non-hydrogen) atoms. The summed E-state index contributed by atoms with van der Waals surface area (Å²) in [4.78, 5) is 22.9. The number of rotatable bonds is 3. The highest BCUT2D eigenvalue weighted by Gasteiger charge is 2.28. The van der Waals surface area contributed by atoms with Crippen molar-refractivity contribution in [1.82, 2.24) is 19.8 Å². The van der Waals surface area contributed by atoms with E-state index in [9.17, 15) is 9.90 Å². The fourth-order valence-electron chi connectivity index (χ4n) is 2.20. The molecule has 1 saturated heterocycles. The minimum absolute atomic E-state index is 0.00137. The fraction of sp³-hybridized carbons (Fsp3) is 0.714. The first-order valence-corrected chi connectivity index (χ1v) is 7.06. The van der Waals surface area contributed by atoms with E-state index in [0.29, 0.717) is 25.3 Å². The fourth-order valence-corrected chi connectivity index (χ4v) is 2.20. The summed E-state index contributed by atoms with van der Waals surface area (Å²) in [6.45, 7) is 9.75. The van der Waals surface area contributed by atoms with E-state index in [1.54, 1.807) is 6.20 Å². The minimum Gasteiger partial charge on any atom is -0.391 e. The van der Waals surface area contributed by atoms with E-state index in [2.05, 4.69) is 14.9 Å². The van der Waals surface area contributed by atoms with Gasteiger partial charge in [0.05, 0.1) is 18.6 Å². The summed E-state index contributed by atoms with van der Waals surface area (Å²) >= 11 is 0. The molecule has 2 rings (SSSR count). The maximum Gasteiger partial charge on any atom is 0.272 e. The molecule has 1 aromatic rings. The molecule has 6 nitrogen and oxygen atoms in total. The molecule has 1 amide bonds. The molecule has 0 saturated carbocycles. The largest absolute Gasteiger partial charge is 0.391 e. The molecule has 0 unspecified atom stereocenters. The molecule has 1 atom stereocenters. The Morgan fingerprint density at radius 2 is 2.05 bits per heavy atom. The monoisotopic (exact) mass is 280 g/mol. The smallest absolute Gasteiger partial charge is 0.272 e. The predicted molar refractivity (Wildman–Crippen MR) is 76.4 cm³/mol. The van der Waals surface area contributed by atoms with Gasteiger partial charge in [-0.15, -0.1) is 0 Å². The van der Waals surface area contributed by atoms with Gasteiger partial charge in [0.2, 0.25) is 0 Å². The van der Waals surface area contributed by atoms with Gasteiger partial charge in [0.1, 0.15) is 5.69 Å². The lowest BCUT2D eigenvalue weighted by Gasteiger charge is -2.37. The van der Waals surface area contributed by atoms with Crippen molar-refractivity contribution in [2.45, 2.75) is 26.9 Å². The lowest BCUT2D eigenvalue weighted by atomic mass is 9.89. The standard InChI is InChI=1S/C14H24N4O2/c1-14(2,3)12(19)9-17-4-6-18(7-5-17)13(20)11-8-15-10-16-11/h8,10,12,19H,4-7,9H2,1-3H3,(H,15,16)/t12-/m1/s1. The van der Waals surface area contributed by atoms with E-state index < -0.39 is 0 Å². The summed E-state index contributed by atoms with van der Waals surface area (Å²) in [5.41, 5.74) is 0.427. The molecule has 2 heterocycles. The van der Waals surface area contributed by atoms with Gasteiger partial charge in [0, 0.05) is 32.7 Å². The average molecular weight is 280 g/mol. The van der Waals surface area contributed by atoms with Gasteiger partial charge in [0.15, 0.2) is 0 Å². The van der Waals surface area contributed by atoms with Crippen LogP contribution in [0.2, 0.25) is 0 Å². The second-order valence-electron chi connectivity index (χ2n) is 6.44. The van der Waals surface area contributed by atoms with Crippen LogP contribution in [0.4, 0.5) is 0 Å². The Kier molecular flexibility index (Phi) is 4.45. The molecule has 1 aliphatic heterocycles. The van der Waals surface area contributed by atoms with Crippen molar-refractivity contribution < 1.29 is 9.90 Å². The number of nitrogens with zero attached hydrogens (tertiary/aromatic N) is 3. The van der Waals surface area contributed by atoms with E-state index >= 15 is 0 Å². The molecular weight excluding hydrogens is 256 g/mol. The van der Waals surface area contributed by atoms with Crippen LogP contribution in [-0.4, -0.2) is 69.6 Å². The van der Waals surface area contributed by atoms with Gasteiger partial charge in [-0.05, 0) is 5.41 Å². The number of H-pyrrole nitrogens is 1. The molecule has 2 N–H and O–H groups in total. The maximum atomic E-state index is 12.1. The number of aliphatic hydroxyl groups excluding tert-OH is 1. The second kappa shape index (κ2) is 5.93. The van der Waals surface area contributed by atoms with Crippen LogP contribution >= 0.6 is 0 Å². The summed E-state index contributed by atoms with van der Waals surface area (Å²) < 4.78 is 0. The number of amides is 1. The van der Waals surface area contributed by atoms with Gasteiger partial charge >= 0.3 is 0 Å². The number of carbonyl (C=O) groups excluding carboxylic acids is 1. The first-order chi connectivity index (χ1) is 9.38. The van der Waals surface area contributed by atoms with Gasteiger partial charge < -0.3 is 15.0 Å². The van der Waals surface area contributed by atoms with E-state index in [4.69, 9.17) is 0 Å². The Morgan fingerprint density at radius 1 is 1.40 bits per heavy atom. The van der Waals surface area contributed by atoms with Crippen LogP contribution in [0.3, 0.4) is 0 Å². The molecule has 0 aromatic carbocycles. The van der Waals surface area contributed by atoms with Crippen molar-refractivity contribution >= 4 is 5.91 Å². The third-order valence-corrected chi connectivity index (χ3v) is 3.82. The molecule has 0 bridgehead atoms. The number of aliphatic hydroxyl groups is 1. The number of piperazine rings is 1. The number of aromatic amines is 1. The summed E-state index contributed by atoms with van der Waals surface area (Å²) in [6, 6.07) is 0. The molecule has 1 aromatic heterocycles. The number of nitrogens with one attached hydrogen (secondary N) is 1. The lowest BCUT2D eigenvalue weighted by molar-refractivity contribution is 0.0136. The Bertz CT molecular complexity index is 431. The molecule has 112 valence electrons. The van der Waals surface area contributed by atoms with Crippen LogP contribution in [0.5, 0.6) is 0 Å². The number of hydrogen-bond donors (Lipinski definition) is 2. The number of carbonyl (C=O) groups is 1. The zero-order chi connectivity index (χ0) is 14.8. The van der Waals surface area contributed by atoms with Crippen molar-refractivity contribution in [3.05, 3.63) is 18.2 Å². The highest BCUT2D eigenvalue weighted by molar-refractivity contribution is 5.92. The quantitative estimate of drug-likeness (QED) is 0.849. The van der Waals surface area contributed by atoms with E-state index in [0.717, 1.165) is 13.1 Å². The average Bonchev–Trinajstić information content (AvgIpc) is 2.91. The summed E-state index contributed by atoms with van der Waals surface area (Å²) in [5, 5.41) is 10.1. The predicted octanol–water partition coefficient (Wildman–Crippen LogP) is 0.574. The molecule has 6 heteroatoms. The topological polar surface area (TPSA) is 72.5 Å². The van der Waals surface area contributed by atoms with Gasteiger partial charge in [-0.25, -0.2) is 4.98 Å². The number of β-amino-alcohol motifs (C(OH)–C–C–N with tert-alkyl or cyclic N) is 1. The third-order valence-electron chi connectivity index (χ3n) is 3.82. The molecule has 0 radical (unpaired) electrons. The van der Waals surface area contributed by atoms with Crippen molar-refractivity contribution in [3.63, 3.8) is 0 Å². The highest BCUT2D eigenvalue weighted by atomic mass is 16.3. The van der Waals surface area contributed by atoms with Crippen molar-refractivity contribution in [3.8, 4) is 0 Å². The van der Waals surface area contributed by atoms with Gasteiger partial charge in [-0.2, -0.15) is 0 Å². The van der Waals surface area contributed by atoms with Crippen molar-refractivity contribution in [2.24, 2.45) is 5.41 Å². The Balaban J connectivity index is 1.82. The second-order valence-corrected chi connectivity index (χ2v) is 6.44. The van der Waals surface area contributed by atoms with Crippen molar-refractivity contribution in [2.75, 3.05) is 32.7 Å². The minimum atomic E-state index is -0.350. The van der Waals surface area contributed by atoms with E-state index in [1.807, 2.05) is 25.7 Å². The van der Waals surface area contributed by atoms with Gasteiger partial charge in [0.25, 0.3) is 5.91 Å². The van der Waals surface area contributed by atoms with Crippen LogP contribution in [0.25, 0.3) is 0 Å². The van der Waals surface area contributed by atoms with Crippen LogP contribution in [0.15, 0.2) is 12.5 Å². The van der Waals surface area contributed by atoms with E-state index in [1.165, 1.54) is 6.33 Å². The summed E-state index contributed by atoms with van der Waals surface area (Å²) in [6.07, 6.45) is 2.72. The van der Waals surface area contributed by atoms with Gasteiger partial charge in [-0.1, -0.05) is 20.8 Å². The Labute approximate surface area is 119 Å². The zero-order valence-electron chi connectivity index (χ0n) is 12.5. The van der Waals surface area contributed by atoms with Crippen LogP contribution < -0.4 is 0 Å². The van der Waals surface area contributed by atoms with Crippen LogP contribution in [0, 0.1) is 5.41 Å². The van der Waals surface area contributed by atoms with Gasteiger partial charge in [-0.3, -0.25) is 9.69 Å². The zero-order valence-corrected chi connectivity index (χ0v) is 12.5. The molecular formula is C14H24N4O2. The number of hydrogen-bond acceptors (Lipinski definition) is 4. The van der Waals surface area contributed by atoms with Crippen LogP contribution in [0.1, 0.15) is 31.3 Å². The Morgan fingerprint density at radius 3 is 2.55 bits per heavy atom. The van der Waals surface area contributed by atoms with Crippen molar-refractivity contribution in [1.29, 1.82) is 0 Å². The Hall–Kier alpha value is -1.40. The molecule has 1 fully saturated rings. The highest BCUT2D eigenvalue weighted by Crippen LogP contribution is 2.20. The molecule has 0 aliphatic carbocycles. The summed E-state index contributed by atoms with van der Waals surface area (Å²) in [7, 11) is 0. The number of aromatic nitrogens is 2. The maximum absolute atomic E-state index is 12.1. The SMILES string of the molecule is CC(C)(C)[C@H](O)CN1CCN(C(=O)c2cnc[nH]2)CC1. The normalized spacial score (nSPS) is 19.1. The third kappa shape index (κ3) is 3.58. The lowest BCUT2D eigenvalue weighted by Crippen LogP contribution is -2.51. The van der Waals surface area contributed by atoms with E-state index in [-0.39, 0.29) is 17.4 Å². The number of imidazole rings is 1. The molecule has 0 spiro atoms. The summed E-state index contributed by atoms with van der Waals surface area (Å²) in [5.74, 6) is -0.00137. The first-order valence-electron chi connectivity index (χ1n) is 7.06. The first kappa shape index (κ1) is 15.0. The van der Waals surface area contributed by atoms with Crippen LogP contribution in [-0.2, 0) is 0 Å². The molecule has 1 aliphatic rings.